The van der Waals surface area contributed by atoms with E-state index in [0.717, 1.165) is 5.57 Å². The minimum atomic E-state index is 0.337. The van der Waals surface area contributed by atoms with Crippen LogP contribution in [0.4, 0.5) is 0 Å². The largest absolute Gasteiger partial charge is 0.479 e. The standard InChI is InChI=1S/C8H16N2O2/c1-5-7(6(2)3)8(11-4)10-12-9/h5-6H,9H2,1-4H3/b7-5-,10-8+. The molecule has 0 bridgehead atoms. The highest BCUT2D eigenvalue weighted by Crippen LogP contribution is 2.11. The Labute approximate surface area is 73.0 Å². The van der Waals surface area contributed by atoms with E-state index < -0.39 is 0 Å². The topological polar surface area (TPSA) is 56.8 Å². The lowest BCUT2D eigenvalue weighted by molar-refractivity contribution is 0.139. The summed E-state index contributed by atoms with van der Waals surface area (Å²) >= 11 is 0. The molecule has 0 aromatic carbocycles. The van der Waals surface area contributed by atoms with Gasteiger partial charge < -0.3 is 4.74 Å². The van der Waals surface area contributed by atoms with Crippen molar-refractivity contribution in [2.75, 3.05) is 7.11 Å². The molecule has 0 saturated heterocycles. The summed E-state index contributed by atoms with van der Waals surface area (Å²) in [5.41, 5.74) is 0.975. The van der Waals surface area contributed by atoms with Gasteiger partial charge in [-0.3, -0.25) is 4.94 Å². The first kappa shape index (κ1) is 11.0. The quantitative estimate of drug-likeness (QED) is 0.398. The minimum absolute atomic E-state index is 0.337. The molecule has 0 aromatic heterocycles. The number of hydrogen-bond acceptors (Lipinski definition) is 4. The van der Waals surface area contributed by atoms with Gasteiger partial charge in [0.05, 0.1) is 7.11 Å². The summed E-state index contributed by atoms with van der Waals surface area (Å²) in [7, 11) is 1.53. The summed E-state index contributed by atoms with van der Waals surface area (Å²) in [6.07, 6.45) is 1.92. The predicted octanol–water partition coefficient (Wildman–Crippen LogP) is 1.44. The molecule has 0 fully saturated rings. The summed E-state index contributed by atoms with van der Waals surface area (Å²) in [6, 6.07) is 0. The molecule has 4 nitrogen and oxygen atoms in total. The van der Waals surface area contributed by atoms with Gasteiger partial charge in [-0.15, -0.1) is 5.90 Å². The fourth-order valence-corrected chi connectivity index (χ4v) is 0.959. The molecule has 0 aliphatic carbocycles. The zero-order chi connectivity index (χ0) is 9.56. The van der Waals surface area contributed by atoms with Crippen LogP contribution in [-0.2, 0) is 9.68 Å². The Hall–Kier alpha value is -1.03. The first-order valence-corrected chi connectivity index (χ1v) is 3.81. The number of allylic oxidation sites excluding steroid dienone is 1. The average molecular weight is 172 g/mol. The van der Waals surface area contributed by atoms with E-state index in [0.29, 0.717) is 11.8 Å². The summed E-state index contributed by atoms with van der Waals surface area (Å²) in [4.78, 5) is 4.15. The Balaban J connectivity index is 4.58. The molecule has 0 radical (unpaired) electrons. The number of nitrogens with zero attached hydrogens (tertiary/aromatic N) is 1. The maximum absolute atomic E-state index is 4.98. The third kappa shape index (κ3) is 2.92. The Morgan fingerprint density at radius 2 is 2.08 bits per heavy atom. The van der Waals surface area contributed by atoms with Gasteiger partial charge in [0.2, 0.25) is 0 Å². The van der Waals surface area contributed by atoms with Gasteiger partial charge in [0.1, 0.15) is 0 Å². The number of ether oxygens (including phenoxy) is 1. The average Bonchev–Trinajstić information content (AvgIpc) is 2.03. The van der Waals surface area contributed by atoms with Gasteiger partial charge in [0.25, 0.3) is 5.90 Å². The summed E-state index contributed by atoms with van der Waals surface area (Å²) in [6.45, 7) is 6.00. The molecule has 2 N–H and O–H groups in total. The number of hydrogen-bond donors (Lipinski definition) is 1. The van der Waals surface area contributed by atoms with E-state index >= 15 is 0 Å². The van der Waals surface area contributed by atoms with Gasteiger partial charge in [-0.25, -0.2) is 0 Å². The third-order valence-electron chi connectivity index (χ3n) is 1.51. The smallest absolute Gasteiger partial charge is 0.255 e. The van der Waals surface area contributed by atoms with Crippen LogP contribution < -0.4 is 5.90 Å². The SMILES string of the molecule is C/C=C(\C(=N/ON)OC)C(C)C. The van der Waals surface area contributed by atoms with Crippen LogP contribution in [0.25, 0.3) is 0 Å². The van der Waals surface area contributed by atoms with Crippen molar-refractivity contribution in [2.24, 2.45) is 17.0 Å². The van der Waals surface area contributed by atoms with Crippen molar-refractivity contribution < 1.29 is 9.68 Å². The lowest BCUT2D eigenvalue weighted by atomic mass is 10.0. The number of oxime groups is 1. The van der Waals surface area contributed by atoms with Crippen molar-refractivity contribution in [1.82, 2.24) is 0 Å². The number of rotatable bonds is 3. The first-order chi connectivity index (χ1) is 5.67. The van der Waals surface area contributed by atoms with Crippen LogP contribution in [-0.4, -0.2) is 13.0 Å². The van der Waals surface area contributed by atoms with Crippen LogP contribution in [0.15, 0.2) is 16.8 Å². The van der Waals surface area contributed by atoms with Gasteiger partial charge >= 0.3 is 0 Å². The second-order valence-corrected chi connectivity index (χ2v) is 2.60. The maximum Gasteiger partial charge on any atom is 0.255 e. The third-order valence-corrected chi connectivity index (χ3v) is 1.51. The van der Waals surface area contributed by atoms with Crippen molar-refractivity contribution in [3.05, 3.63) is 11.6 Å². The normalized spacial score (nSPS) is 13.5. The van der Waals surface area contributed by atoms with Crippen LogP contribution >= 0.6 is 0 Å². The molecule has 0 heterocycles. The molecular weight excluding hydrogens is 156 g/mol. The van der Waals surface area contributed by atoms with Crippen LogP contribution in [0.5, 0.6) is 0 Å². The van der Waals surface area contributed by atoms with Crippen LogP contribution in [0.3, 0.4) is 0 Å². The lowest BCUT2D eigenvalue weighted by Crippen LogP contribution is -2.12. The summed E-state index contributed by atoms with van der Waals surface area (Å²) in [5, 5.41) is 3.54. The van der Waals surface area contributed by atoms with E-state index in [4.69, 9.17) is 10.6 Å². The van der Waals surface area contributed by atoms with E-state index in [1.807, 2.05) is 26.8 Å². The summed E-state index contributed by atoms with van der Waals surface area (Å²) < 4.78 is 4.98. The highest BCUT2D eigenvalue weighted by Gasteiger charge is 2.10. The second kappa shape index (κ2) is 5.60. The molecule has 12 heavy (non-hydrogen) atoms. The Morgan fingerprint density at radius 1 is 1.50 bits per heavy atom. The summed E-state index contributed by atoms with van der Waals surface area (Å²) in [5.74, 6) is 5.57. The molecule has 4 heteroatoms. The van der Waals surface area contributed by atoms with Crippen LogP contribution in [0, 0.1) is 5.92 Å². The van der Waals surface area contributed by atoms with E-state index in [2.05, 4.69) is 10.1 Å². The maximum atomic E-state index is 4.98. The van der Waals surface area contributed by atoms with Crippen molar-refractivity contribution >= 4 is 5.90 Å². The van der Waals surface area contributed by atoms with Crippen molar-refractivity contribution in [2.45, 2.75) is 20.8 Å². The second-order valence-electron chi connectivity index (χ2n) is 2.60. The van der Waals surface area contributed by atoms with Gasteiger partial charge in [-0.2, -0.15) is 0 Å². The molecule has 0 aliphatic rings. The number of nitrogens with two attached hydrogens (primary N) is 1. The van der Waals surface area contributed by atoms with Crippen molar-refractivity contribution in [3.63, 3.8) is 0 Å². The molecule has 0 aliphatic heterocycles. The predicted molar refractivity (Wildman–Crippen MR) is 48.3 cm³/mol. The van der Waals surface area contributed by atoms with E-state index in [-0.39, 0.29) is 0 Å². The van der Waals surface area contributed by atoms with Gasteiger partial charge in [-0.05, 0) is 18.0 Å². The fourth-order valence-electron chi connectivity index (χ4n) is 0.959. The van der Waals surface area contributed by atoms with Gasteiger partial charge in [-0.1, -0.05) is 19.9 Å². The first-order valence-electron chi connectivity index (χ1n) is 3.81. The molecule has 70 valence electrons. The molecule has 0 atom stereocenters. The highest BCUT2D eigenvalue weighted by atomic mass is 16.8. The van der Waals surface area contributed by atoms with Gasteiger partial charge in [0, 0.05) is 5.57 Å². The Bertz CT molecular complexity index is 185. The molecule has 0 aromatic rings. The van der Waals surface area contributed by atoms with E-state index in [1.54, 1.807) is 0 Å². The monoisotopic (exact) mass is 172 g/mol. The molecule has 0 unspecified atom stereocenters. The minimum Gasteiger partial charge on any atom is -0.479 e. The Morgan fingerprint density at radius 3 is 2.33 bits per heavy atom. The van der Waals surface area contributed by atoms with Crippen molar-refractivity contribution in [3.8, 4) is 0 Å². The molecule has 0 rings (SSSR count). The lowest BCUT2D eigenvalue weighted by Gasteiger charge is -2.10. The highest BCUT2D eigenvalue weighted by molar-refractivity contribution is 5.93. The molecular formula is C8H16N2O2. The van der Waals surface area contributed by atoms with Crippen LogP contribution in [0.2, 0.25) is 0 Å². The van der Waals surface area contributed by atoms with Gasteiger partial charge in [0.15, 0.2) is 0 Å². The zero-order valence-electron chi connectivity index (χ0n) is 8.00. The molecule has 0 spiro atoms. The molecule has 0 amide bonds. The van der Waals surface area contributed by atoms with Crippen LogP contribution in [0.1, 0.15) is 20.8 Å². The fraction of sp³-hybridized carbons (Fsp3) is 0.625. The molecule has 0 saturated carbocycles. The van der Waals surface area contributed by atoms with Crippen molar-refractivity contribution in [1.29, 1.82) is 0 Å². The number of methoxy groups -OCH3 is 1. The van der Waals surface area contributed by atoms with E-state index in [1.165, 1.54) is 7.11 Å². The van der Waals surface area contributed by atoms with E-state index in [9.17, 15) is 0 Å². The zero-order valence-corrected chi connectivity index (χ0v) is 8.00. The Kier molecular flexibility index (Phi) is 5.12.